The van der Waals surface area contributed by atoms with Crippen LogP contribution in [0.3, 0.4) is 0 Å². The Balaban J connectivity index is 1.89. The summed E-state index contributed by atoms with van der Waals surface area (Å²) in [4.78, 5) is 4.89. The van der Waals surface area contributed by atoms with Crippen LogP contribution in [-0.4, -0.2) is 19.2 Å². The SMILES string of the molecule is COc1cc(OC)c(Nc2c3c(nc4ccccc24)CCCC3)cc1Cl. The number of nitrogens with one attached hydrogen (secondary N) is 1. The van der Waals surface area contributed by atoms with Gasteiger partial charge in [-0.1, -0.05) is 29.8 Å². The van der Waals surface area contributed by atoms with Crippen LogP contribution in [0.25, 0.3) is 10.9 Å². The van der Waals surface area contributed by atoms with E-state index in [2.05, 4.69) is 17.4 Å². The largest absolute Gasteiger partial charge is 0.495 e. The molecular weight excluding hydrogens is 348 g/mol. The molecule has 1 heterocycles. The minimum absolute atomic E-state index is 0.544. The van der Waals surface area contributed by atoms with E-state index in [1.165, 1.54) is 24.1 Å². The Morgan fingerprint density at radius 2 is 1.77 bits per heavy atom. The zero-order chi connectivity index (χ0) is 18.1. The number of para-hydroxylation sites is 1. The molecule has 134 valence electrons. The van der Waals surface area contributed by atoms with Crippen molar-refractivity contribution in [3.63, 3.8) is 0 Å². The summed E-state index contributed by atoms with van der Waals surface area (Å²) >= 11 is 6.35. The quantitative estimate of drug-likeness (QED) is 0.657. The first-order valence-corrected chi connectivity index (χ1v) is 9.18. The summed E-state index contributed by atoms with van der Waals surface area (Å²) in [6, 6.07) is 11.9. The van der Waals surface area contributed by atoms with Crippen LogP contribution in [0.4, 0.5) is 11.4 Å². The van der Waals surface area contributed by atoms with Crippen LogP contribution in [-0.2, 0) is 12.8 Å². The summed E-state index contributed by atoms with van der Waals surface area (Å²) in [7, 11) is 3.24. The Kier molecular flexibility index (Phi) is 4.60. The lowest BCUT2D eigenvalue weighted by Crippen LogP contribution is -2.10. The van der Waals surface area contributed by atoms with Crippen molar-refractivity contribution in [2.45, 2.75) is 25.7 Å². The number of fused-ring (bicyclic) bond motifs is 2. The van der Waals surface area contributed by atoms with Gasteiger partial charge in [0.05, 0.1) is 36.1 Å². The van der Waals surface area contributed by atoms with Gasteiger partial charge in [-0.25, -0.2) is 0 Å². The molecule has 1 N–H and O–H groups in total. The fourth-order valence-electron chi connectivity index (χ4n) is 3.61. The summed E-state index contributed by atoms with van der Waals surface area (Å²) in [6.07, 6.45) is 4.43. The van der Waals surface area contributed by atoms with Crippen LogP contribution in [0.5, 0.6) is 11.5 Å². The van der Waals surface area contributed by atoms with E-state index in [1.54, 1.807) is 20.3 Å². The van der Waals surface area contributed by atoms with Crippen LogP contribution in [0.1, 0.15) is 24.1 Å². The zero-order valence-corrected chi connectivity index (χ0v) is 15.7. The lowest BCUT2D eigenvalue weighted by Gasteiger charge is -2.22. The minimum Gasteiger partial charge on any atom is -0.495 e. The highest BCUT2D eigenvalue weighted by Crippen LogP contribution is 2.41. The molecular formula is C21H21ClN2O2. The van der Waals surface area contributed by atoms with Gasteiger partial charge in [0.25, 0.3) is 0 Å². The van der Waals surface area contributed by atoms with Crippen molar-refractivity contribution in [1.29, 1.82) is 0 Å². The summed E-state index contributed by atoms with van der Waals surface area (Å²) in [6.45, 7) is 0. The number of nitrogens with zero attached hydrogens (tertiary/aromatic N) is 1. The second-order valence-corrected chi connectivity index (χ2v) is 6.86. The molecule has 4 nitrogen and oxygen atoms in total. The number of hydrogen-bond acceptors (Lipinski definition) is 4. The van der Waals surface area contributed by atoms with Gasteiger partial charge < -0.3 is 14.8 Å². The number of rotatable bonds is 4. The number of aromatic nitrogens is 1. The van der Waals surface area contributed by atoms with Gasteiger partial charge in [0, 0.05) is 17.1 Å². The number of hydrogen-bond donors (Lipinski definition) is 1. The van der Waals surface area contributed by atoms with Gasteiger partial charge in [-0.2, -0.15) is 0 Å². The highest BCUT2D eigenvalue weighted by atomic mass is 35.5. The molecule has 0 bridgehead atoms. The second-order valence-electron chi connectivity index (χ2n) is 6.45. The van der Waals surface area contributed by atoms with Crippen LogP contribution in [0.15, 0.2) is 36.4 Å². The fourth-order valence-corrected chi connectivity index (χ4v) is 3.85. The topological polar surface area (TPSA) is 43.4 Å². The molecule has 0 unspecified atom stereocenters. The van der Waals surface area contributed by atoms with Crippen molar-refractivity contribution in [1.82, 2.24) is 4.98 Å². The van der Waals surface area contributed by atoms with E-state index in [1.807, 2.05) is 18.2 Å². The van der Waals surface area contributed by atoms with Gasteiger partial charge in [0.1, 0.15) is 11.5 Å². The van der Waals surface area contributed by atoms with Crippen LogP contribution >= 0.6 is 11.6 Å². The number of benzene rings is 2. The highest BCUT2D eigenvalue weighted by molar-refractivity contribution is 6.32. The van der Waals surface area contributed by atoms with Crippen molar-refractivity contribution >= 4 is 33.9 Å². The van der Waals surface area contributed by atoms with Crippen LogP contribution in [0, 0.1) is 0 Å². The van der Waals surface area contributed by atoms with E-state index in [-0.39, 0.29) is 0 Å². The molecule has 2 aromatic carbocycles. The molecule has 1 aliphatic rings. The maximum absolute atomic E-state index is 6.35. The first-order chi connectivity index (χ1) is 12.7. The van der Waals surface area contributed by atoms with Crippen molar-refractivity contribution in [2.75, 3.05) is 19.5 Å². The molecule has 0 saturated carbocycles. The molecule has 0 atom stereocenters. The van der Waals surface area contributed by atoms with Gasteiger partial charge in [-0.05, 0) is 43.4 Å². The van der Waals surface area contributed by atoms with E-state index in [9.17, 15) is 0 Å². The summed E-state index contributed by atoms with van der Waals surface area (Å²) in [5, 5.41) is 5.24. The molecule has 3 aromatic rings. The number of halogens is 1. The lowest BCUT2D eigenvalue weighted by atomic mass is 9.92. The van der Waals surface area contributed by atoms with Gasteiger partial charge >= 0.3 is 0 Å². The van der Waals surface area contributed by atoms with Gasteiger partial charge in [-0.15, -0.1) is 0 Å². The van der Waals surface area contributed by atoms with E-state index >= 15 is 0 Å². The second kappa shape index (κ2) is 7.04. The summed E-state index contributed by atoms with van der Waals surface area (Å²) in [5.41, 5.74) is 5.42. The van der Waals surface area contributed by atoms with Crippen molar-refractivity contribution in [2.24, 2.45) is 0 Å². The molecule has 4 rings (SSSR count). The number of methoxy groups -OCH3 is 2. The lowest BCUT2D eigenvalue weighted by molar-refractivity contribution is 0.396. The first-order valence-electron chi connectivity index (χ1n) is 8.80. The van der Waals surface area contributed by atoms with Crippen molar-refractivity contribution < 1.29 is 9.47 Å². The molecule has 0 saturated heterocycles. The van der Waals surface area contributed by atoms with E-state index in [4.69, 9.17) is 26.1 Å². The van der Waals surface area contributed by atoms with Gasteiger partial charge in [-0.3, -0.25) is 4.98 Å². The van der Waals surface area contributed by atoms with Crippen LogP contribution < -0.4 is 14.8 Å². The van der Waals surface area contributed by atoms with E-state index in [0.29, 0.717) is 16.5 Å². The van der Waals surface area contributed by atoms with Crippen molar-refractivity contribution in [3.8, 4) is 11.5 Å². The maximum Gasteiger partial charge on any atom is 0.146 e. The predicted molar refractivity (Wildman–Crippen MR) is 106 cm³/mol. The monoisotopic (exact) mass is 368 g/mol. The summed E-state index contributed by atoms with van der Waals surface area (Å²) < 4.78 is 10.9. The molecule has 5 heteroatoms. The maximum atomic E-state index is 6.35. The molecule has 1 aromatic heterocycles. The van der Waals surface area contributed by atoms with E-state index in [0.717, 1.165) is 35.1 Å². The Morgan fingerprint density at radius 1 is 1.00 bits per heavy atom. The van der Waals surface area contributed by atoms with Gasteiger partial charge in [0.2, 0.25) is 0 Å². The Morgan fingerprint density at radius 3 is 2.58 bits per heavy atom. The standard InChI is InChI=1S/C21H21ClN2O2/c1-25-19-12-20(26-2)18(11-15(19)22)24-21-13-7-3-5-9-16(13)23-17-10-6-4-8-14(17)21/h3,5,7,9,11-12H,4,6,8,10H2,1-2H3,(H,23,24). The predicted octanol–water partition coefficient (Wildman–Crippen LogP) is 5.53. The average molecular weight is 369 g/mol. The normalized spacial score (nSPS) is 13.3. The first kappa shape index (κ1) is 17.0. The zero-order valence-electron chi connectivity index (χ0n) is 14.9. The highest BCUT2D eigenvalue weighted by Gasteiger charge is 2.20. The Bertz CT molecular complexity index is 972. The summed E-state index contributed by atoms with van der Waals surface area (Å²) in [5.74, 6) is 1.28. The number of ether oxygens (including phenoxy) is 2. The van der Waals surface area contributed by atoms with Crippen LogP contribution in [0.2, 0.25) is 5.02 Å². The van der Waals surface area contributed by atoms with E-state index < -0.39 is 0 Å². The molecule has 1 aliphatic carbocycles. The van der Waals surface area contributed by atoms with Gasteiger partial charge in [0.15, 0.2) is 0 Å². The number of anilines is 2. The molecule has 0 aliphatic heterocycles. The third kappa shape index (κ3) is 2.95. The molecule has 0 amide bonds. The molecule has 0 radical (unpaired) electrons. The fraction of sp³-hybridized carbons (Fsp3) is 0.286. The van der Waals surface area contributed by atoms with Crippen molar-refractivity contribution in [3.05, 3.63) is 52.7 Å². The molecule has 0 fully saturated rings. The Labute approximate surface area is 158 Å². The smallest absolute Gasteiger partial charge is 0.146 e. The number of pyridine rings is 1. The third-order valence-electron chi connectivity index (χ3n) is 4.90. The minimum atomic E-state index is 0.544. The average Bonchev–Trinajstić information content (AvgIpc) is 2.68. The number of aryl methyl sites for hydroxylation is 1. The molecule has 0 spiro atoms. The Hall–Kier alpha value is -2.46. The molecule has 26 heavy (non-hydrogen) atoms. The third-order valence-corrected chi connectivity index (χ3v) is 5.20.